The molecule has 0 spiro atoms. The molecular formula is C11H25N2. The average molecular weight is 185 g/mol. The van der Waals surface area contributed by atoms with Crippen LogP contribution >= 0.6 is 0 Å². The summed E-state index contributed by atoms with van der Waals surface area (Å²) in [6.45, 7) is 11.3. The van der Waals surface area contributed by atoms with Crippen molar-refractivity contribution in [2.45, 2.75) is 45.6 Å². The van der Waals surface area contributed by atoms with E-state index >= 15 is 0 Å². The Labute approximate surface area is 83.5 Å². The van der Waals surface area contributed by atoms with Crippen LogP contribution in [0.25, 0.3) is 0 Å². The summed E-state index contributed by atoms with van der Waals surface area (Å²) in [5, 5.41) is 6.65. The van der Waals surface area contributed by atoms with Crippen LogP contribution in [0.2, 0.25) is 0 Å². The van der Waals surface area contributed by atoms with Gasteiger partial charge in [-0.15, -0.1) is 0 Å². The second kappa shape index (κ2) is 10.0. The molecule has 0 atom stereocenters. The number of hydrogen-bond acceptors (Lipinski definition) is 2. The van der Waals surface area contributed by atoms with Gasteiger partial charge in [-0.1, -0.05) is 26.7 Å². The van der Waals surface area contributed by atoms with E-state index in [-0.39, 0.29) is 0 Å². The Hall–Kier alpha value is -0.0800. The Balaban J connectivity index is 2.84. The molecule has 0 aromatic carbocycles. The second-order valence-electron chi connectivity index (χ2n) is 3.77. The molecule has 0 bridgehead atoms. The van der Waals surface area contributed by atoms with Crippen molar-refractivity contribution < 1.29 is 0 Å². The van der Waals surface area contributed by atoms with E-state index in [4.69, 9.17) is 0 Å². The molecular weight excluding hydrogens is 160 g/mol. The fourth-order valence-electron chi connectivity index (χ4n) is 1.24. The van der Waals surface area contributed by atoms with Gasteiger partial charge in [-0.05, 0) is 39.4 Å². The smallest absolute Gasteiger partial charge is 0.00103 e. The minimum atomic E-state index is 0.632. The summed E-state index contributed by atoms with van der Waals surface area (Å²) in [4.78, 5) is 0. The standard InChI is InChI=1S/C11H25N2/c1-4-12-9-7-5-6-8-10-13-11(2)3/h11-13H,1,4-10H2,2-3H3. The van der Waals surface area contributed by atoms with Crippen molar-refractivity contribution in [2.24, 2.45) is 0 Å². The van der Waals surface area contributed by atoms with Gasteiger partial charge in [-0.2, -0.15) is 0 Å². The molecule has 0 aromatic heterocycles. The van der Waals surface area contributed by atoms with Gasteiger partial charge < -0.3 is 10.6 Å². The van der Waals surface area contributed by atoms with Crippen LogP contribution in [0.4, 0.5) is 0 Å². The minimum absolute atomic E-state index is 0.632. The van der Waals surface area contributed by atoms with E-state index in [2.05, 4.69) is 31.4 Å². The van der Waals surface area contributed by atoms with E-state index in [1.807, 2.05) is 0 Å². The summed E-state index contributed by atoms with van der Waals surface area (Å²) < 4.78 is 0. The Kier molecular flexibility index (Phi) is 9.94. The zero-order chi connectivity index (χ0) is 9.94. The predicted molar refractivity (Wildman–Crippen MR) is 59.8 cm³/mol. The van der Waals surface area contributed by atoms with Gasteiger partial charge in [0, 0.05) is 6.04 Å². The van der Waals surface area contributed by atoms with E-state index in [0.29, 0.717) is 6.04 Å². The lowest BCUT2D eigenvalue weighted by atomic mass is 10.2. The molecule has 13 heavy (non-hydrogen) atoms. The first-order valence-corrected chi connectivity index (χ1v) is 5.50. The fraction of sp³-hybridized carbons (Fsp3) is 0.909. The first kappa shape index (κ1) is 12.9. The molecule has 0 rings (SSSR count). The van der Waals surface area contributed by atoms with Crippen LogP contribution in [0.1, 0.15) is 39.5 Å². The normalized spacial score (nSPS) is 11.1. The highest BCUT2D eigenvalue weighted by molar-refractivity contribution is 4.54. The fourth-order valence-corrected chi connectivity index (χ4v) is 1.24. The molecule has 0 aromatic rings. The van der Waals surface area contributed by atoms with Crippen molar-refractivity contribution in [1.29, 1.82) is 0 Å². The zero-order valence-electron chi connectivity index (χ0n) is 9.23. The molecule has 0 saturated carbocycles. The molecule has 1 radical (unpaired) electrons. The monoisotopic (exact) mass is 185 g/mol. The quantitative estimate of drug-likeness (QED) is 0.537. The van der Waals surface area contributed by atoms with Gasteiger partial charge in [0.15, 0.2) is 0 Å². The van der Waals surface area contributed by atoms with Gasteiger partial charge in [-0.3, -0.25) is 0 Å². The highest BCUT2D eigenvalue weighted by Gasteiger charge is 1.92. The Morgan fingerprint density at radius 1 is 1.00 bits per heavy atom. The van der Waals surface area contributed by atoms with E-state index in [0.717, 1.165) is 13.1 Å². The van der Waals surface area contributed by atoms with Gasteiger partial charge >= 0.3 is 0 Å². The van der Waals surface area contributed by atoms with E-state index in [1.54, 1.807) is 0 Å². The summed E-state index contributed by atoms with van der Waals surface area (Å²) >= 11 is 0. The molecule has 0 heterocycles. The molecule has 0 saturated heterocycles. The average Bonchev–Trinajstić information content (AvgIpc) is 2.09. The minimum Gasteiger partial charge on any atom is -0.317 e. The SMILES string of the molecule is [CH2]CNCCCCCCNC(C)C. The molecule has 0 amide bonds. The van der Waals surface area contributed by atoms with Crippen molar-refractivity contribution in [3.63, 3.8) is 0 Å². The Bertz CT molecular complexity index is 92.1. The summed E-state index contributed by atoms with van der Waals surface area (Å²) in [6, 6.07) is 0.632. The van der Waals surface area contributed by atoms with Crippen LogP contribution in [-0.2, 0) is 0 Å². The van der Waals surface area contributed by atoms with Crippen molar-refractivity contribution in [3.05, 3.63) is 6.92 Å². The third kappa shape index (κ3) is 11.9. The molecule has 2 N–H and O–H groups in total. The number of rotatable bonds is 9. The van der Waals surface area contributed by atoms with E-state index in [9.17, 15) is 0 Å². The van der Waals surface area contributed by atoms with Gasteiger partial charge in [0.05, 0.1) is 0 Å². The molecule has 2 nitrogen and oxygen atoms in total. The Morgan fingerprint density at radius 2 is 1.62 bits per heavy atom. The van der Waals surface area contributed by atoms with Crippen LogP contribution in [0, 0.1) is 6.92 Å². The largest absolute Gasteiger partial charge is 0.317 e. The summed E-state index contributed by atoms with van der Waals surface area (Å²) in [5.41, 5.74) is 0. The second-order valence-corrected chi connectivity index (χ2v) is 3.77. The van der Waals surface area contributed by atoms with Crippen LogP contribution < -0.4 is 10.6 Å². The molecule has 0 fully saturated rings. The molecule has 0 aliphatic carbocycles. The van der Waals surface area contributed by atoms with Crippen molar-refractivity contribution >= 4 is 0 Å². The van der Waals surface area contributed by atoms with Crippen LogP contribution in [-0.4, -0.2) is 25.7 Å². The van der Waals surface area contributed by atoms with Crippen LogP contribution in [0.3, 0.4) is 0 Å². The maximum absolute atomic E-state index is 3.73. The van der Waals surface area contributed by atoms with Crippen LogP contribution in [0.15, 0.2) is 0 Å². The predicted octanol–water partition coefficient (Wildman–Crippen LogP) is 1.97. The summed E-state index contributed by atoms with van der Waals surface area (Å²) in [7, 11) is 0. The van der Waals surface area contributed by atoms with Gasteiger partial charge in [-0.25, -0.2) is 0 Å². The van der Waals surface area contributed by atoms with E-state index < -0.39 is 0 Å². The molecule has 0 aliphatic rings. The molecule has 0 aliphatic heterocycles. The number of nitrogens with one attached hydrogen (secondary N) is 2. The highest BCUT2D eigenvalue weighted by Crippen LogP contribution is 1.97. The molecule has 79 valence electrons. The lowest BCUT2D eigenvalue weighted by molar-refractivity contribution is 0.536. The first-order chi connectivity index (χ1) is 6.27. The Morgan fingerprint density at radius 3 is 2.15 bits per heavy atom. The van der Waals surface area contributed by atoms with Gasteiger partial charge in [0.1, 0.15) is 0 Å². The van der Waals surface area contributed by atoms with Crippen molar-refractivity contribution in [1.82, 2.24) is 10.6 Å². The topological polar surface area (TPSA) is 24.1 Å². The lowest BCUT2D eigenvalue weighted by Crippen LogP contribution is -2.23. The lowest BCUT2D eigenvalue weighted by Gasteiger charge is -2.07. The van der Waals surface area contributed by atoms with Crippen LogP contribution in [0.5, 0.6) is 0 Å². The third-order valence-corrected chi connectivity index (χ3v) is 2.01. The van der Waals surface area contributed by atoms with Crippen molar-refractivity contribution in [2.75, 3.05) is 19.6 Å². The first-order valence-electron chi connectivity index (χ1n) is 5.50. The number of unbranched alkanes of at least 4 members (excludes halogenated alkanes) is 3. The van der Waals surface area contributed by atoms with Gasteiger partial charge in [0.25, 0.3) is 0 Å². The maximum Gasteiger partial charge on any atom is 0.00103 e. The maximum atomic E-state index is 3.73. The molecule has 2 heteroatoms. The summed E-state index contributed by atoms with van der Waals surface area (Å²) in [6.07, 6.45) is 5.28. The van der Waals surface area contributed by atoms with Crippen molar-refractivity contribution in [3.8, 4) is 0 Å². The third-order valence-electron chi connectivity index (χ3n) is 2.01. The zero-order valence-corrected chi connectivity index (χ0v) is 9.23. The van der Waals surface area contributed by atoms with Gasteiger partial charge in [0.2, 0.25) is 0 Å². The highest BCUT2D eigenvalue weighted by atomic mass is 14.9. The summed E-state index contributed by atoms with van der Waals surface area (Å²) in [5.74, 6) is 0. The number of hydrogen-bond donors (Lipinski definition) is 2. The van der Waals surface area contributed by atoms with E-state index in [1.165, 1.54) is 32.2 Å². The molecule has 0 unspecified atom stereocenters.